The summed E-state index contributed by atoms with van der Waals surface area (Å²) in [5, 5.41) is 60.9. The number of nitriles is 1. The van der Waals surface area contributed by atoms with Gasteiger partial charge in [0.25, 0.3) is 0 Å². The summed E-state index contributed by atoms with van der Waals surface area (Å²) < 4.78 is 191. The largest absolute Gasteiger partial charge is 0.480 e. The molecule has 0 spiro atoms. The molecule has 0 bridgehead atoms. The number of hydrogen-bond acceptors (Lipinski definition) is 30. The van der Waals surface area contributed by atoms with Crippen LogP contribution in [0.2, 0.25) is 0 Å². The average molecular weight is 2120 g/mol. The number of aromatic nitrogens is 6. The highest BCUT2D eigenvalue weighted by molar-refractivity contribution is 7.47. The van der Waals surface area contributed by atoms with Crippen molar-refractivity contribution in [3.05, 3.63) is 133 Å². The van der Waals surface area contributed by atoms with Gasteiger partial charge in [-0.2, -0.15) is 10.2 Å². The molecule has 5 aromatic rings. The first kappa shape index (κ1) is 126. The number of nitrogens with zero attached hydrogens (tertiary/aromatic N) is 11. The maximum Gasteiger partial charge on any atom is 0.472 e. The Balaban J connectivity index is 0.000000431. The topological polar surface area (TPSA) is 603 Å². The minimum Gasteiger partial charge on any atom is -0.480 e. The van der Waals surface area contributed by atoms with Gasteiger partial charge in [-0.1, -0.05) is 98.9 Å². The van der Waals surface area contributed by atoms with E-state index in [2.05, 4.69) is 49.5 Å². The minimum atomic E-state index is -5.46. The lowest BCUT2D eigenvalue weighted by atomic mass is 9.98. The van der Waals surface area contributed by atoms with Crippen LogP contribution in [-0.4, -0.2) is 303 Å². The monoisotopic (exact) mass is 2120 g/mol. The molecule has 3 aliphatic rings. The van der Waals surface area contributed by atoms with Crippen LogP contribution < -0.4 is 22.5 Å². The Kier molecular flexibility index (Phi) is 56.0. The first-order valence-electron chi connectivity index (χ1n) is 46.0. The molecule has 810 valence electrons. The van der Waals surface area contributed by atoms with Crippen molar-refractivity contribution in [1.82, 2.24) is 54.0 Å². The van der Waals surface area contributed by atoms with Crippen LogP contribution in [0.4, 0.5) is 60.3 Å². The number of carbonyl (C=O) groups excluding carboxylic acids is 6. The number of anilines is 2. The van der Waals surface area contributed by atoms with Gasteiger partial charge in [-0.05, 0) is 119 Å². The Morgan fingerprint density at radius 1 is 0.538 bits per heavy atom. The minimum absolute atomic E-state index is 0.00427. The quantitative estimate of drug-likeness (QED) is 0.00430. The normalized spacial score (nSPS) is 18.2. The van der Waals surface area contributed by atoms with Crippen molar-refractivity contribution < 1.29 is 174 Å². The van der Waals surface area contributed by atoms with Gasteiger partial charge in [-0.25, -0.2) is 96.8 Å². The number of likely N-dealkylation sites (N-methyl/N-ethyl adjacent to an activating group) is 5. The number of nitrogen functional groups attached to an aromatic ring is 2. The van der Waals surface area contributed by atoms with Crippen LogP contribution >= 0.6 is 15.6 Å². The van der Waals surface area contributed by atoms with Crippen LogP contribution in [-0.2, 0) is 84.7 Å². The Labute approximate surface area is 829 Å². The number of aliphatic hydroxyl groups is 2. The third-order valence-electron chi connectivity index (χ3n) is 22.9. The van der Waals surface area contributed by atoms with E-state index in [4.69, 9.17) is 59.7 Å². The Bertz CT molecular complexity index is 5110. The summed E-state index contributed by atoms with van der Waals surface area (Å²) in [7, 11) is -3.53. The third-order valence-corrected chi connectivity index (χ3v) is 24.4. The fraction of sp³-hybridized carbons (Fsp3) is 0.593. The van der Waals surface area contributed by atoms with E-state index in [9.17, 15) is 131 Å². The number of amides is 4. The Morgan fingerprint density at radius 3 is 1.37 bits per heavy atom. The number of nitrogens with two attached hydrogens (primary N) is 2. The average Bonchev–Trinajstić information content (AvgIpc) is 1.62. The molecule has 5 heterocycles. The second-order valence-corrected chi connectivity index (χ2v) is 35.9. The summed E-state index contributed by atoms with van der Waals surface area (Å²) in [5.74, 6) is -6.42. The van der Waals surface area contributed by atoms with Gasteiger partial charge < -0.3 is 95.4 Å². The third kappa shape index (κ3) is 42.9. The number of carbonyl (C=O) groups is 9. The number of rotatable bonds is 58. The van der Waals surface area contributed by atoms with E-state index in [1.807, 2.05) is 48.5 Å². The smallest absolute Gasteiger partial charge is 0.472 e. The molecule has 42 nitrogen and oxygen atoms in total. The molecular weight excluding hydrogens is 1990 g/mol. The summed E-state index contributed by atoms with van der Waals surface area (Å²) in [4.78, 5) is 170. The standard InChI is InChI=1S/C32H45F2N9O16P2.C23H25F2NO4.C15H22F2N2O3.C13H21F2NO3.C8H15F2NO2/c1-3-4-9-21(44)41(2)16(7-5-6-8-19(33)34)31(47)58-25-17(56-30(23(25)45)43-15-39-22-27(36)37-14-38-28(22)43)13-55-61(52,53)59-26-18(12-54-60(49,50)51)57-29(24(26)46)42-11-10-20(35)40-32(42)48;1-26(20(22(27)28)12-6-7-13-21(24)25)23(29)30-14-19-17-10-4-2-8-15(17)16-9-3-5-11-18(16)19;1-3-4-9-14(20)19(2)12(15(21)22-11-10-18)7-5-6-8-13(16)17;1-3-4-9-12(17)16(2)10(13(18)19)7-5-6-8-11(14)15;1-11-6(8(12)13)4-2-3-5-7(9)10/h3,10-11,14-19,23-26,29-30,45-46H,1,4-9,12-13H2,2H3,(H,52,53)(H2,35,40,48)(H2,36,37,38)(H2,49,50,51);2-5,8-11,19-21H,6-7,12-14H2,1H3,(H,27,28);3,12-13H,1,4-9,11H2,2H3;3,10-11H,1,4-9H2,2H3,(H,18,19);6-7,11H,2-5H2,1H3,(H,12,13)/t16-,17+,18+,23+,24+,25+,26+,29+,30+;20-;12-;10-;6-/m00000/s1. The molecule has 2 fully saturated rings. The van der Waals surface area contributed by atoms with Crippen LogP contribution in [0, 0.1) is 11.3 Å². The number of hydrogen-bond donors (Lipinski definition) is 11. The zero-order valence-corrected chi connectivity index (χ0v) is 82.2. The van der Waals surface area contributed by atoms with Crippen molar-refractivity contribution in [2.75, 3.05) is 73.1 Å². The lowest BCUT2D eigenvalue weighted by Gasteiger charge is -2.29. The molecule has 0 saturated carbocycles. The van der Waals surface area contributed by atoms with E-state index in [0.717, 1.165) is 55.2 Å². The number of nitrogens with one attached hydrogen (secondary N) is 1. The van der Waals surface area contributed by atoms with E-state index < -0.39 is 201 Å². The number of imidazole rings is 1. The number of carboxylic acids is 3. The van der Waals surface area contributed by atoms with Gasteiger partial charge in [0.2, 0.25) is 49.8 Å². The molecule has 1 unspecified atom stereocenters. The summed E-state index contributed by atoms with van der Waals surface area (Å²) in [5.41, 5.74) is 14.9. The summed E-state index contributed by atoms with van der Waals surface area (Å²) in [6.45, 7) is 8.21. The van der Waals surface area contributed by atoms with Gasteiger partial charge in [0.1, 0.15) is 91.1 Å². The maximum atomic E-state index is 13.9. The lowest BCUT2D eigenvalue weighted by Crippen LogP contribution is -2.47. The molecular formula is C91H128F10N14O28P2. The number of phosphoric ester groups is 2. The van der Waals surface area contributed by atoms with Gasteiger partial charge in [0.05, 0.1) is 19.5 Å². The van der Waals surface area contributed by atoms with Crippen LogP contribution in [0.15, 0.2) is 116 Å². The fourth-order valence-electron chi connectivity index (χ4n) is 15.1. The molecule has 14 atom stereocenters. The fourth-order valence-corrected chi connectivity index (χ4v) is 16.4. The van der Waals surface area contributed by atoms with Crippen molar-refractivity contribution in [3.8, 4) is 17.2 Å². The van der Waals surface area contributed by atoms with Gasteiger partial charge in [0.15, 0.2) is 36.6 Å². The highest BCUT2D eigenvalue weighted by Gasteiger charge is 2.53. The molecule has 4 amide bonds. The molecule has 145 heavy (non-hydrogen) atoms. The maximum absolute atomic E-state index is 13.9. The molecule has 2 aliphatic heterocycles. The van der Waals surface area contributed by atoms with Crippen molar-refractivity contribution >= 4 is 92.1 Å². The molecule has 2 saturated heterocycles. The number of phosphoric acid groups is 2. The molecule has 3 aromatic heterocycles. The highest BCUT2D eigenvalue weighted by Crippen LogP contribution is 2.51. The number of esters is 2. The number of alkyl halides is 10. The summed E-state index contributed by atoms with van der Waals surface area (Å²) >= 11 is 0. The van der Waals surface area contributed by atoms with Crippen molar-refractivity contribution in [2.24, 2.45) is 0 Å². The second-order valence-electron chi connectivity index (χ2n) is 33.2. The van der Waals surface area contributed by atoms with Gasteiger partial charge in [-0.15, -0.1) is 19.7 Å². The molecule has 1 aliphatic carbocycles. The van der Waals surface area contributed by atoms with Crippen LogP contribution in [0.1, 0.15) is 196 Å². The zero-order chi connectivity index (χ0) is 109. The number of ether oxygens (including phenoxy) is 5. The molecule has 8 rings (SSSR count). The predicted molar refractivity (Wildman–Crippen MR) is 500 cm³/mol. The Morgan fingerprint density at radius 2 is 0.945 bits per heavy atom. The van der Waals surface area contributed by atoms with Gasteiger partial charge >= 0.3 is 57.3 Å². The molecule has 0 radical (unpaired) electrons. The van der Waals surface area contributed by atoms with E-state index in [1.54, 1.807) is 25.3 Å². The molecule has 54 heteroatoms. The first-order chi connectivity index (χ1) is 68.5. The van der Waals surface area contributed by atoms with E-state index in [-0.39, 0.29) is 156 Å². The van der Waals surface area contributed by atoms with Crippen LogP contribution in [0.5, 0.6) is 0 Å². The second kappa shape index (κ2) is 64.5. The SMILES string of the molecule is C=CCCC(=O)N(C)[C@@H](CCCCC(F)F)C(=O)O.C=CCCC(=O)N(C)[C@@H](CCCCC(F)F)C(=O)OCC#N.C=CCCC(=O)N(C)[C@@H](CCCCC(F)F)C(=O)O[C@H]1[C@@H](O)[C@H](n2cnc3c(N)ncnc32)O[C@@H]1COP(=O)(O)O[C@H]1[C@@H](O)[C@H](n2ccc(N)nc2=O)O[C@@H]1COP(=O)(O)O.CN(C(=O)OCC1c2ccccc2-c2ccccc21)[C@@H](CCCCC(F)F)C(=O)O.CN[C@@H](CCCCC(F)F)C(=O)O. The molecule has 2 aromatic carbocycles. The van der Waals surface area contributed by atoms with Gasteiger partial charge in [0, 0.05) is 91.7 Å². The predicted octanol–water partition coefficient (Wildman–Crippen LogP) is 11.9. The first-order valence-corrected chi connectivity index (χ1v) is 49.0. The van der Waals surface area contributed by atoms with Crippen molar-refractivity contribution in [2.45, 2.75) is 284 Å². The van der Waals surface area contributed by atoms with Crippen molar-refractivity contribution in [3.63, 3.8) is 0 Å². The number of allylic oxidation sites excluding steroid dienone is 3. The van der Waals surface area contributed by atoms with E-state index >= 15 is 0 Å². The number of fused-ring (bicyclic) bond motifs is 4. The highest BCUT2D eigenvalue weighted by atomic mass is 31.2. The van der Waals surface area contributed by atoms with Gasteiger partial charge in [-0.3, -0.25) is 46.8 Å². The number of carboxylic acid groups (broad SMARTS) is 3. The summed E-state index contributed by atoms with van der Waals surface area (Å²) in [6.07, 6.45) is -15.3. The van der Waals surface area contributed by atoms with Crippen LogP contribution in [0.25, 0.3) is 22.3 Å². The van der Waals surface area contributed by atoms with Crippen LogP contribution in [0.3, 0.4) is 0 Å². The summed E-state index contributed by atoms with van der Waals surface area (Å²) in [6, 6.07) is 13.8. The number of aliphatic carboxylic acids is 3. The number of aliphatic hydroxyl groups excluding tert-OH is 2. The number of halogens is 10. The van der Waals surface area contributed by atoms with E-state index in [0.29, 0.717) is 51.4 Å². The molecule has 13 N–H and O–H groups in total. The van der Waals surface area contributed by atoms with E-state index in [1.165, 1.54) is 55.0 Å². The number of unbranched alkanes of at least 4 members (excludes halogenated alkanes) is 5. The Hall–Kier alpha value is -11.5. The lowest BCUT2D eigenvalue weighted by molar-refractivity contribution is -0.165. The zero-order valence-electron chi connectivity index (χ0n) is 80.5. The number of benzene rings is 2. The van der Waals surface area contributed by atoms with Crippen molar-refractivity contribution in [1.29, 1.82) is 5.26 Å².